The first-order valence-corrected chi connectivity index (χ1v) is 2.66. The van der Waals surface area contributed by atoms with Crippen molar-refractivity contribution in [2.45, 2.75) is 0 Å². The standard InChI is InChI=1S/C5H4BrN/c6-5-3-1-2-4-7-5/h1-4H/i2D. The lowest BCUT2D eigenvalue weighted by Gasteiger charge is -1.80. The summed E-state index contributed by atoms with van der Waals surface area (Å²) in [5.41, 5.74) is 0. The number of hydrogen-bond donors (Lipinski definition) is 0. The van der Waals surface area contributed by atoms with Crippen molar-refractivity contribution in [2.24, 2.45) is 0 Å². The first kappa shape index (κ1) is 3.61. The highest BCUT2D eigenvalue weighted by Gasteiger charge is 1.75. The van der Waals surface area contributed by atoms with Gasteiger partial charge in [-0.3, -0.25) is 0 Å². The highest BCUT2D eigenvalue weighted by Crippen LogP contribution is 2.00. The maximum absolute atomic E-state index is 7.01. The smallest absolute Gasteiger partial charge is 0.106 e. The summed E-state index contributed by atoms with van der Waals surface area (Å²) in [5.74, 6) is 0. The van der Waals surface area contributed by atoms with Gasteiger partial charge in [-0.15, -0.1) is 0 Å². The third-order valence-electron chi connectivity index (χ3n) is 0.580. The fourth-order valence-corrected chi connectivity index (χ4v) is 0.536. The van der Waals surface area contributed by atoms with Crippen LogP contribution in [-0.4, -0.2) is 4.98 Å². The molecular formula is C5H4BrN. The van der Waals surface area contributed by atoms with Crippen molar-refractivity contribution < 1.29 is 1.37 Å². The normalized spacial score (nSPS) is 10.7. The summed E-state index contributed by atoms with van der Waals surface area (Å²) in [6.45, 7) is 0. The predicted octanol–water partition coefficient (Wildman–Crippen LogP) is 1.84. The van der Waals surface area contributed by atoms with E-state index in [-0.39, 0.29) is 0 Å². The molecule has 1 heterocycles. The second kappa shape index (κ2) is 2.07. The molecule has 1 aromatic rings. The van der Waals surface area contributed by atoms with Gasteiger partial charge in [-0.25, -0.2) is 4.98 Å². The van der Waals surface area contributed by atoms with Crippen LogP contribution in [0.25, 0.3) is 0 Å². The highest BCUT2D eigenvalue weighted by atomic mass is 79.9. The molecule has 7 heavy (non-hydrogen) atoms. The van der Waals surface area contributed by atoms with E-state index in [0.717, 1.165) is 4.60 Å². The van der Waals surface area contributed by atoms with E-state index in [9.17, 15) is 0 Å². The van der Waals surface area contributed by atoms with E-state index in [1.807, 2.05) is 0 Å². The number of pyridine rings is 1. The van der Waals surface area contributed by atoms with Gasteiger partial charge in [0, 0.05) is 6.20 Å². The van der Waals surface area contributed by atoms with E-state index in [2.05, 4.69) is 20.9 Å². The van der Waals surface area contributed by atoms with E-state index in [4.69, 9.17) is 1.37 Å². The summed E-state index contributed by atoms with van der Waals surface area (Å²) in [7, 11) is 0. The fourth-order valence-electron chi connectivity index (χ4n) is 0.302. The molecule has 0 amide bonds. The molecule has 0 aromatic carbocycles. The molecule has 0 N–H and O–H groups in total. The number of hydrogen-bond acceptors (Lipinski definition) is 1. The van der Waals surface area contributed by atoms with Crippen molar-refractivity contribution in [3.8, 4) is 0 Å². The summed E-state index contributed by atoms with van der Waals surface area (Å²) in [6.07, 6.45) is 1.49. The van der Waals surface area contributed by atoms with Crippen LogP contribution in [0.3, 0.4) is 0 Å². The molecule has 0 spiro atoms. The quantitative estimate of drug-likeness (QED) is 0.526. The zero-order chi connectivity index (χ0) is 5.98. The zero-order valence-electron chi connectivity index (χ0n) is 4.56. The van der Waals surface area contributed by atoms with E-state index in [1.54, 1.807) is 12.1 Å². The SMILES string of the molecule is [2H]c1ccc(Br)nc1. The Morgan fingerprint density at radius 2 is 2.71 bits per heavy atom. The maximum Gasteiger partial charge on any atom is 0.106 e. The molecule has 36 valence electrons. The second-order valence-electron chi connectivity index (χ2n) is 1.08. The van der Waals surface area contributed by atoms with Crippen molar-refractivity contribution >= 4 is 15.9 Å². The third-order valence-corrected chi connectivity index (χ3v) is 1.05. The lowest BCUT2D eigenvalue weighted by molar-refractivity contribution is 1.28. The largest absolute Gasteiger partial charge is 0.249 e. The summed E-state index contributed by atoms with van der Waals surface area (Å²) >= 11 is 3.15. The van der Waals surface area contributed by atoms with Gasteiger partial charge in [0.05, 0.1) is 1.37 Å². The summed E-state index contributed by atoms with van der Waals surface area (Å²) < 4.78 is 7.78. The van der Waals surface area contributed by atoms with Crippen LogP contribution >= 0.6 is 15.9 Å². The van der Waals surface area contributed by atoms with E-state index in [1.165, 1.54) is 6.20 Å². The molecule has 0 unspecified atom stereocenters. The van der Waals surface area contributed by atoms with Crippen LogP contribution in [0.5, 0.6) is 0 Å². The van der Waals surface area contributed by atoms with Crippen molar-refractivity contribution in [2.75, 3.05) is 0 Å². The van der Waals surface area contributed by atoms with Gasteiger partial charge in [-0.05, 0) is 28.0 Å². The van der Waals surface area contributed by atoms with Gasteiger partial charge >= 0.3 is 0 Å². The molecule has 1 nitrogen and oxygen atoms in total. The first-order valence-electron chi connectivity index (χ1n) is 2.37. The van der Waals surface area contributed by atoms with E-state index < -0.39 is 0 Å². The average Bonchev–Trinajstić information content (AvgIpc) is 1.77. The molecule has 0 bridgehead atoms. The molecular weight excluding hydrogens is 154 g/mol. The van der Waals surface area contributed by atoms with Gasteiger partial charge in [-0.2, -0.15) is 0 Å². The summed E-state index contributed by atoms with van der Waals surface area (Å²) in [4.78, 5) is 3.81. The van der Waals surface area contributed by atoms with E-state index in [0.29, 0.717) is 6.04 Å². The Hall–Kier alpha value is -0.370. The van der Waals surface area contributed by atoms with Crippen LogP contribution in [0.4, 0.5) is 0 Å². The van der Waals surface area contributed by atoms with Crippen LogP contribution in [0.2, 0.25) is 0 Å². The molecule has 1 rings (SSSR count). The van der Waals surface area contributed by atoms with Crippen LogP contribution < -0.4 is 0 Å². The highest BCUT2D eigenvalue weighted by molar-refractivity contribution is 9.10. The van der Waals surface area contributed by atoms with Crippen LogP contribution in [-0.2, 0) is 0 Å². The minimum atomic E-state index is 0.438. The van der Waals surface area contributed by atoms with Gasteiger partial charge in [-0.1, -0.05) is 6.07 Å². The van der Waals surface area contributed by atoms with Crippen molar-refractivity contribution in [3.05, 3.63) is 29.0 Å². The molecule has 0 aliphatic heterocycles. The van der Waals surface area contributed by atoms with Gasteiger partial charge in [0.1, 0.15) is 4.60 Å². The molecule has 0 atom stereocenters. The van der Waals surface area contributed by atoms with Crippen LogP contribution in [0.15, 0.2) is 29.0 Å². The zero-order valence-corrected chi connectivity index (χ0v) is 5.14. The Balaban J connectivity index is 3.03. The average molecular weight is 159 g/mol. The molecule has 2 heteroatoms. The molecule has 1 aromatic heterocycles. The maximum atomic E-state index is 7.01. The van der Waals surface area contributed by atoms with Crippen molar-refractivity contribution in [1.82, 2.24) is 4.98 Å². The van der Waals surface area contributed by atoms with Gasteiger partial charge in [0.25, 0.3) is 0 Å². The molecule has 0 aliphatic carbocycles. The second-order valence-corrected chi connectivity index (χ2v) is 1.89. The number of rotatable bonds is 0. The Labute approximate surface area is 51.9 Å². The van der Waals surface area contributed by atoms with Crippen molar-refractivity contribution in [1.29, 1.82) is 0 Å². The molecule has 0 saturated heterocycles. The molecule has 0 radical (unpaired) electrons. The van der Waals surface area contributed by atoms with Crippen LogP contribution in [0.1, 0.15) is 1.37 Å². The molecule has 0 fully saturated rings. The van der Waals surface area contributed by atoms with Crippen molar-refractivity contribution in [3.63, 3.8) is 0 Å². The first-order chi connectivity index (χ1) is 3.79. The fraction of sp³-hybridized carbons (Fsp3) is 0. The Bertz CT molecular complexity index is 151. The number of nitrogens with zero attached hydrogens (tertiary/aromatic N) is 1. The number of aromatic nitrogens is 1. The van der Waals surface area contributed by atoms with Gasteiger partial charge in [0.15, 0.2) is 0 Å². The predicted molar refractivity (Wildman–Crippen MR) is 31.9 cm³/mol. The Morgan fingerprint density at radius 1 is 1.86 bits per heavy atom. The lowest BCUT2D eigenvalue weighted by Crippen LogP contribution is -1.66. The topological polar surface area (TPSA) is 12.9 Å². The van der Waals surface area contributed by atoms with Crippen LogP contribution in [0, 0.1) is 0 Å². The molecule has 0 saturated carbocycles. The minimum Gasteiger partial charge on any atom is -0.249 e. The molecule has 0 aliphatic rings. The minimum absolute atomic E-state index is 0.438. The van der Waals surface area contributed by atoms with E-state index >= 15 is 0 Å². The van der Waals surface area contributed by atoms with Gasteiger partial charge in [0.2, 0.25) is 0 Å². The monoisotopic (exact) mass is 158 g/mol. The third kappa shape index (κ3) is 1.27. The Morgan fingerprint density at radius 3 is 3.14 bits per heavy atom. The number of halogens is 1. The van der Waals surface area contributed by atoms with Gasteiger partial charge < -0.3 is 0 Å². The summed E-state index contributed by atoms with van der Waals surface area (Å²) in [6, 6.07) is 3.85. The Kier molecular flexibility index (Phi) is 1.07. The lowest BCUT2D eigenvalue weighted by atomic mass is 10.5. The summed E-state index contributed by atoms with van der Waals surface area (Å²) in [5, 5.41) is 0.